The fourth-order valence-electron chi connectivity index (χ4n) is 3.21. The van der Waals surface area contributed by atoms with Crippen molar-refractivity contribution in [3.63, 3.8) is 0 Å². The van der Waals surface area contributed by atoms with Crippen molar-refractivity contribution in [3.8, 4) is 0 Å². The van der Waals surface area contributed by atoms with Crippen molar-refractivity contribution >= 4 is 5.96 Å². The van der Waals surface area contributed by atoms with Crippen LogP contribution in [0.25, 0.3) is 0 Å². The highest BCUT2D eigenvalue weighted by Crippen LogP contribution is 2.14. The SMILES string of the molecule is CCNC(=NCCc1nnc2n1CCCCC2)NC(C)CCC(C)C. The molecule has 25 heavy (non-hydrogen) atoms. The van der Waals surface area contributed by atoms with Gasteiger partial charge in [-0.3, -0.25) is 4.99 Å². The van der Waals surface area contributed by atoms with Gasteiger partial charge in [-0.1, -0.05) is 20.3 Å². The van der Waals surface area contributed by atoms with E-state index < -0.39 is 0 Å². The predicted octanol–water partition coefficient (Wildman–Crippen LogP) is 2.93. The molecule has 0 aliphatic carbocycles. The van der Waals surface area contributed by atoms with E-state index in [4.69, 9.17) is 4.99 Å². The van der Waals surface area contributed by atoms with Gasteiger partial charge in [0.2, 0.25) is 0 Å². The standard InChI is InChI=1S/C19H36N6/c1-5-20-19(22-16(4)11-10-15(2)3)21-13-12-18-24-23-17-9-7-6-8-14-25(17)18/h15-16H,5-14H2,1-4H3,(H2,20,21,22). The Balaban J connectivity index is 1.87. The molecule has 2 rings (SSSR count). The Kier molecular flexibility index (Phi) is 8.22. The molecule has 1 aromatic rings. The summed E-state index contributed by atoms with van der Waals surface area (Å²) in [7, 11) is 0. The van der Waals surface area contributed by atoms with E-state index in [2.05, 4.69) is 53.1 Å². The summed E-state index contributed by atoms with van der Waals surface area (Å²) in [5.74, 6) is 3.90. The maximum atomic E-state index is 4.74. The van der Waals surface area contributed by atoms with Gasteiger partial charge in [0.1, 0.15) is 11.6 Å². The lowest BCUT2D eigenvalue weighted by Crippen LogP contribution is -2.42. The molecule has 1 aliphatic rings. The summed E-state index contributed by atoms with van der Waals surface area (Å²) in [4.78, 5) is 4.74. The monoisotopic (exact) mass is 348 g/mol. The molecule has 0 saturated carbocycles. The van der Waals surface area contributed by atoms with Crippen LogP contribution >= 0.6 is 0 Å². The summed E-state index contributed by atoms with van der Waals surface area (Å²) >= 11 is 0. The van der Waals surface area contributed by atoms with Crippen LogP contribution in [-0.4, -0.2) is 39.9 Å². The van der Waals surface area contributed by atoms with Crippen LogP contribution in [0.5, 0.6) is 0 Å². The number of guanidine groups is 1. The highest BCUT2D eigenvalue weighted by atomic mass is 15.3. The fraction of sp³-hybridized carbons (Fsp3) is 0.842. The van der Waals surface area contributed by atoms with E-state index in [-0.39, 0.29) is 0 Å². The molecule has 2 N–H and O–H groups in total. The zero-order valence-corrected chi connectivity index (χ0v) is 16.5. The van der Waals surface area contributed by atoms with Gasteiger partial charge >= 0.3 is 0 Å². The van der Waals surface area contributed by atoms with E-state index in [1.165, 1.54) is 32.1 Å². The lowest BCUT2D eigenvalue weighted by Gasteiger charge is -2.18. The third-order valence-corrected chi connectivity index (χ3v) is 4.70. The molecule has 0 bridgehead atoms. The van der Waals surface area contributed by atoms with E-state index >= 15 is 0 Å². The summed E-state index contributed by atoms with van der Waals surface area (Å²) < 4.78 is 2.31. The van der Waals surface area contributed by atoms with E-state index in [1.807, 2.05) is 0 Å². The first-order valence-electron chi connectivity index (χ1n) is 10.1. The van der Waals surface area contributed by atoms with Crippen molar-refractivity contribution in [2.45, 2.75) is 85.2 Å². The number of fused-ring (bicyclic) bond motifs is 1. The van der Waals surface area contributed by atoms with Crippen molar-refractivity contribution in [2.24, 2.45) is 10.9 Å². The quantitative estimate of drug-likeness (QED) is 0.560. The lowest BCUT2D eigenvalue weighted by molar-refractivity contribution is 0.489. The Bertz CT molecular complexity index is 534. The highest BCUT2D eigenvalue weighted by Gasteiger charge is 2.14. The normalized spacial score (nSPS) is 16.4. The Morgan fingerprint density at radius 3 is 2.76 bits per heavy atom. The maximum Gasteiger partial charge on any atom is 0.191 e. The van der Waals surface area contributed by atoms with Crippen LogP contribution in [-0.2, 0) is 19.4 Å². The molecule has 0 fully saturated rings. The van der Waals surface area contributed by atoms with Gasteiger partial charge in [-0.25, -0.2) is 0 Å². The molecule has 6 nitrogen and oxygen atoms in total. The molecule has 0 spiro atoms. The molecule has 1 aliphatic heterocycles. The predicted molar refractivity (Wildman–Crippen MR) is 104 cm³/mol. The smallest absolute Gasteiger partial charge is 0.191 e. The average molecular weight is 349 g/mol. The summed E-state index contributed by atoms with van der Waals surface area (Å²) in [6.07, 6.45) is 8.08. The lowest BCUT2D eigenvalue weighted by atomic mass is 10.0. The van der Waals surface area contributed by atoms with Crippen molar-refractivity contribution in [1.82, 2.24) is 25.4 Å². The van der Waals surface area contributed by atoms with E-state index in [9.17, 15) is 0 Å². The van der Waals surface area contributed by atoms with Gasteiger partial charge in [0.15, 0.2) is 5.96 Å². The van der Waals surface area contributed by atoms with Gasteiger partial charge in [0, 0.05) is 38.5 Å². The third-order valence-electron chi connectivity index (χ3n) is 4.70. The van der Waals surface area contributed by atoms with Crippen LogP contribution in [0, 0.1) is 5.92 Å². The summed E-state index contributed by atoms with van der Waals surface area (Å²) in [5.41, 5.74) is 0. The molecule has 0 aromatic carbocycles. The molecule has 6 heteroatoms. The highest BCUT2D eigenvalue weighted by molar-refractivity contribution is 5.80. The van der Waals surface area contributed by atoms with Gasteiger partial charge in [-0.05, 0) is 45.4 Å². The van der Waals surface area contributed by atoms with Crippen LogP contribution in [0.1, 0.15) is 71.4 Å². The average Bonchev–Trinajstić information content (AvgIpc) is 2.80. The first-order valence-corrected chi connectivity index (χ1v) is 10.1. The first-order chi connectivity index (χ1) is 12.1. The third kappa shape index (κ3) is 6.67. The summed E-state index contributed by atoms with van der Waals surface area (Å²) in [5, 5.41) is 15.6. The molecular weight excluding hydrogens is 312 g/mol. The Labute approximate surface area is 152 Å². The van der Waals surface area contributed by atoms with Crippen LogP contribution in [0.4, 0.5) is 0 Å². The molecule has 2 heterocycles. The Morgan fingerprint density at radius 2 is 2.00 bits per heavy atom. The number of nitrogens with zero attached hydrogens (tertiary/aromatic N) is 4. The van der Waals surface area contributed by atoms with Crippen molar-refractivity contribution in [1.29, 1.82) is 0 Å². The van der Waals surface area contributed by atoms with Crippen molar-refractivity contribution < 1.29 is 0 Å². The fourth-order valence-corrected chi connectivity index (χ4v) is 3.21. The second-order valence-corrected chi connectivity index (χ2v) is 7.52. The number of aryl methyl sites for hydroxylation is 1. The molecule has 1 atom stereocenters. The minimum Gasteiger partial charge on any atom is -0.357 e. The largest absolute Gasteiger partial charge is 0.357 e. The maximum absolute atomic E-state index is 4.74. The molecule has 1 unspecified atom stereocenters. The topological polar surface area (TPSA) is 67.1 Å². The summed E-state index contributed by atoms with van der Waals surface area (Å²) in [6, 6.07) is 0.435. The molecule has 0 amide bonds. The zero-order chi connectivity index (χ0) is 18.1. The number of aromatic nitrogens is 3. The Morgan fingerprint density at radius 1 is 1.16 bits per heavy atom. The molecule has 1 aromatic heterocycles. The molecule has 0 radical (unpaired) electrons. The van der Waals surface area contributed by atoms with Gasteiger partial charge < -0.3 is 15.2 Å². The number of hydrogen-bond donors (Lipinski definition) is 2. The second-order valence-electron chi connectivity index (χ2n) is 7.52. The number of rotatable bonds is 8. The van der Waals surface area contributed by atoms with Gasteiger partial charge in [0.25, 0.3) is 0 Å². The minimum absolute atomic E-state index is 0.435. The van der Waals surface area contributed by atoms with Crippen LogP contribution < -0.4 is 10.6 Å². The molecular formula is C19H36N6. The van der Waals surface area contributed by atoms with Crippen LogP contribution in [0.15, 0.2) is 4.99 Å². The van der Waals surface area contributed by atoms with Crippen LogP contribution in [0.2, 0.25) is 0 Å². The Hall–Kier alpha value is -1.59. The number of aliphatic imine (C=N–C) groups is 1. The van der Waals surface area contributed by atoms with Crippen molar-refractivity contribution in [2.75, 3.05) is 13.1 Å². The van der Waals surface area contributed by atoms with Crippen LogP contribution in [0.3, 0.4) is 0 Å². The number of hydrogen-bond acceptors (Lipinski definition) is 3. The van der Waals surface area contributed by atoms with E-state index in [0.29, 0.717) is 6.04 Å². The second kappa shape index (κ2) is 10.4. The zero-order valence-electron chi connectivity index (χ0n) is 16.5. The van der Waals surface area contributed by atoms with Crippen molar-refractivity contribution in [3.05, 3.63) is 11.6 Å². The summed E-state index contributed by atoms with van der Waals surface area (Å²) in [6.45, 7) is 11.6. The van der Waals surface area contributed by atoms with Gasteiger partial charge in [-0.15, -0.1) is 10.2 Å². The molecule has 142 valence electrons. The van der Waals surface area contributed by atoms with E-state index in [0.717, 1.165) is 56.0 Å². The van der Waals surface area contributed by atoms with Gasteiger partial charge in [-0.2, -0.15) is 0 Å². The number of nitrogens with one attached hydrogen (secondary N) is 2. The molecule has 0 saturated heterocycles. The minimum atomic E-state index is 0.435. The first kappa shape index (κ1) is 19.7. The van der Waals surface area contributed by atoms with Gasteiger partial charge in [0.05, 0.1) is 0 Å². The van der Waals surface area contributed by atoms with E-state index in [1.54, 1.807) is 0 Å².